The Morgan fingerprint density at radius 1 is 0.870 bits per heavy atom. The number of hydrogen-bond acceptors (Lipinski definition) is 2. The minimum absolute atomic E-state index is 0.283. The van der Waals surface area contributed by atoms with E-state index >= 15 is 0 Å². The van der Waals surface area contributed by atoms with Gasteiger partial charge in [0.05, 0.1) is 5.60 Å². The van der Waals surface area contributed by atoms with Crippen molar-refractivity contribution < 1.29 is 9.53 Å². The van der Waals surface area contributed by atoms with Gasteiger partial charge in [0.1, 0.15) is 5.78 Å². The molecule has 0 amide bonds. The first-order valence-corrected chi connectivity index (χ1v) is 10.3. The summed E-state index contributed by atoms with van der Waals surface area (Å²) >= 11 is 0. The molecule has 0 unspecified atom stereocenters. The topological polar surface area (TPSA) is 26.3 Å². The highest BCUT2D eigenvalue weighted by atomic mass is 16.5. The molecule has 4 bridgehead atoms. The number of hydrogen-bond donors (Lipinski definition) is 0. The lowest BCUT2D eigenvalue weighted by atomic mass is 9.54. The number of ketones is 1. The molecule has 0 N–H and O–H groups in total. The van der Waals surface area contributed by atoms with E-state index in [4.69, 9.17) is 4.74 Å². The molecule has 0 aromatic rings. The molecule has 0 radical (unpaired) electrons. The summed E-state index contributed by atoms with van der Waals surface area (Å²) in [5.41, 5.74) is 0.283. The Hall–Kier alpha value is -0.370. The molecular formula is C21H36O2. The maximum Gasteiger partial charge on any atom is 0.132 e. The zero-order valence-electron chi connectivity index (χ0n) is 15.2. The van der Waals surface area contributed by atoms with Crippen molar-refractivity contribution in [3.63, 3.8) is 0 Å². The number of ether oxygens (including phenoxy) is 1. The lowest BCUT2D eigenvalue weighted by molar-refractivity contribution is -0.162. The van der Waals surface area contributed by atoms with Crippen LogP contribution < -0.4 is 0 Å². The van der Waals surface area contributed by atoms with Crippen LogP contribution in [0, 0.1) is 17.8 Å². The highest BCUT2D eigenvalue weighted by molar-refractivity contribution is 5.78. The van der Waals surface area contributed by atoms with E-state index in [9.17, 15) is 4.79 Å². The van der Waals surface area contributed by atoms with Crippen molar-refractivity contribution in [3.8, 4) is 0 Å². The van der Waals surface area contributed by atoms with Gasteiger partial charge in [0.2, 0.25) is 0 Å². The van der Waals surface area contributed by atoms with Gasteiger partial charge >= 0.3 is 0 Å². The van der Waals surface area contributed by atoms with E-state index in [0.717, 1.165) is 56.5 Å². The number of carbonyl (C=O) groups excluding carboxylic acids is 1. The van der Waals surface area contributed by atoms with Gasteiger partial charge in [0.25, 0.3) is 0 Å². The third-order valence-corrected chi connectivity index (χ3v) is 6.55. The Labute approximate surface area is 142 Å². The molecule has 132 valence electrons. The molecule has 4 aliphatic carbocycles. The maximum atomic E-state index is 11.6. The first-order valence-electron chi connectivity index (χ1n) is 10.3. The highest BCUT2D eigenvalue weighted by Crippen LogP contribution is 2.57. The van der Waals surface area contributed by atoms with Crippen LogP contribution in [0.4, 0.5) is 0 Å². The Kier molecular flexibility index (Phi) is 6.18. The molecule has 2 heteroatoms. The average molecular weight is 321 g/mol. The Balaban J connectivity index is 1.24. The summed E-state index contributed by atoms with van der Waals surface area (Å²) < 4.78 is 6.46. The molecule has 4 rings (SSSR count). The first kappa shape index (κ1) is 17.5. The molecule has 0 atom stereocenters. The predicted octanol–water partition coefficient (Wildman–Crippen LogP) is 5.68. The Bertz CT molecular complexity index is 352. The first-order chi connectivity index (χ1) is 11.2. The Morgan fingerprint density at radius 3 is 2.04 bits per heavy atom. The third kappa shape index (κ3) is 4.81. The van der Waals surface area contributed by atoms with E-state index in [1.807, 2.05) is 0 Å². The van der Waals surface area contributed by atoms with Crippen LogP contribution in [0.15, 0.2) is 0 Å². The number of unbranched alkanes of at least 4 members (excludes halogenated alkanes) is 4. The van der Waals surface area contributed by atoms with Gasteiger partial charge < -0.3 is 4.74 Å². The minimum Gasteiger partial charge on any atom is -0.375 e. The van der Waals surface area contributed by atoms with Gasteiger partial charge in [-0.3, -0.25) is 4.79 Å². The standard InChI is InChI=1S/C21H36O2/c1-2-3-8-20(22)9-6-4-5-7-10-23-21-14-17-11-18(15-21)13-19(12-17)16-21/h17-19H,2-16H2,1H3. The second-order valence-corrected chi connectivity index (χ2v) is 8.76. The molecular weight excluding hydrogens is 284 g/mol. The van der Waals surface area contributed by atoms with Crippen molar-refractivity contribution in [1.82, 2.24) is 0 Å². The van der Waals surface area contributed by atoms with E-state index in [2.05, 4.69) is 6.92 Å². The summed E-state index contributed by atoms with van der Waals surface area (Å²) in [6.45, 7) is 3.10. The van der Waals surface area contributed by atoms with E-state index < -0.39 is 0 Å². The van der Waals surface area contributed by atoms with Crippen molar-refractivity contribution >= 4 is 5.78 Å². The molecule has 4 aliphatic rings. The van der Waals surface area contributed by atoms with Gasteiger partial charge in [-0.25, -0.2) is 0 Å². The second kappa shape index (κ2) is 8.14. The summed E-state index contributed by atoms with van der Waals surface area (Å²) in [6.07, 6.45) is 17.0. The fourth-order valence-electron chi connectivity index (χ4n) is 5.77. The van der Waals surface area contributed by atoms with Crippen LogP contribution in [-0.2, 0) is 9.53 Å². The number of Topliss-reactive ketones (excluding diaryl/α,β-unsaturated/α-hetero) is 1. The summed E-state index contributed by atoms with van der Waals surface area (Å²) in [6, 6.07) is 0. The normalized spacial score (nSPS) is 34.9. The quantitative estimate of drug-likeness (QED) is 0.458. The maximum absolute atomic E-state index is 11.6. The zero-order valence-corrected chi connectivity index (χ0v) is 15.2. The molecule has 0 aromatic heterocycles. The molecule has 2 nitrogen and oxygen atoms in total. The van der Waals surface area contributed by atoms with Gasteiger partial charge in [-0.2, -0.15) is 0 Å². The van der Waals surface area contributed by atoms with Crippen LogP contribution in [0.5, 0.6) is 0 Å². The summed E-state index contributed by atoms with van der Waals surface area (Å²) in [4.78, 5) is 11.6. The van der Waals surface area contributed by atoms with E-state index in [1.165, 1.54) is 57.8 Å². The van der Waals surface area contributed by atoms with Crippen LogP contribution in [0.3, 0.4) is 0 Å². The molecule has 23 heavy (non-hydrogen) atoms. The van der Waals surface area contributed by atoms with Crippen molar-refractivity contribution in [2.45, 2.75) is 102 Å². The van der Waals surface area contributed by atoms with Crippen LogP contribution in [0.1, 0.15) is 96.8 Å². The number of rotatable bonds is 11. The lowest BCUT2D eigenvalue weighted by Crippen LogP contribution is -2.52. The monoisotopic (exact) mass is 320 g/mol. The fourth-order valence-corrected chi connectivity index (χ4v) is 5.77. The molecule has 0 saturated heterocycles. The van der Waals surface area contributed by atoms with E-state index in [1.54, 1.807) is 0 Å². The fraction of sp³-hybridized carbons (Fsp3) is 0.952. The largest absolute Gasteiger partial charge is 0.375 e. The molecule has 0 aliphatic heterocycles. The zero-order chi connectivity index (χ0) is 16.1. The molecule has 4 saturated carbocycles. The summed E-state index contributed by atoms with van der Waals surface area (Å²) in [7, 11) is 0. The highest BCUT2D eigenvalue weighted by Gasteiger charge is 2.51. The molecule has 4 fully saturated rings. The number of carbonyl (C=O) groups is 1. The van der Waals surface area contributed by atoms with Gasteiger partial charge in [0.15, 0.2) is 0 Å². The summed E-state index contributed by atoms with van der Waals surface area (Å²) in [5, 5.41) is 0. The van der Waals surface area contributed by atoms with Gasteiger partial charge in [-0.1, -0.05) is 26.2 Å². The summed E-state index contributed by atoms with van der Waals surface area (Å²) in [5.74, 6) is 3.41. The second-order valence-electron chi connectivity index (χ2n) is 8.76. The predicted molar refractivity (Wildman–Crippen MR) is 94.5 cm³/mol. The average Bonchev–Trinajstić information content (AvgIpc) is 2.50. The van der Waals surface area contributed by atoms with Crippen LogP contribution >= 0.6 is 0 Å². The van der Waals surface area contributed by atoms with Crippen molar-refractivity contribution in [3.05, 3.63) is 0 Å². The molecule has 0 aromatic carbocycles. The lowest BCUT2D eigenvalue weighted by Gasteiger charge is -2.56. The molecule has 0 spiro atoms. The van der Waals surface area contributed by atoms with Gasteiger partial charge in [-0.15, -0.1) is 0 Å². The smallest absolute Gasteiger partial charge is 0.132 e. The SMILES string of the molecule is CCCCC(=O)CCCCCCOC12CC3CC(CC(C3)C1)C2. The Morgan fingerprint density at radius 2 is 1.43 bits per heavy atom. The van der Waals surface area contributed by atoms with Gasteiger partial charge in [0, 0.05) is 19.4 Å². The minimum atomic E-state index is 0.283. The van der Waals surface area contributed by atoms with Crippen molar-refractivity contribution in [1.29, 1.82) is 0 Å². The van der Waals surface area contributed by atoms with E-state index in [0.29, 0.717) is 5.78 Å². The molecule has 0 heterocycles. The van der Waals surface area contributed by atoms with Crippen LogP contribution in [-0.4, -0.2) is 18.0 Å². The van der Waals surface area contributed by atoms with Gasteiger partial charge in [-0.05, 0) is 75.5 Å². The third-order valence-electron chi connectivity index (χ3n) is 6.55. The van der Waals surface area contributed by atoms with Crippen LogP contribution in [0.25, 0.3) is 0 Å². The van der Waals surface area contributed by atoms with Crippen molar-refractivity contribution in [2.24, 2.45) is 17.8 Å². The van der Waals surface area contributed by atoms with Crippen molar-refractivity contribution in [2.75, 3.05) is 6.61 Å². The van der Waals surface area contributed by atoms with E-state index in [-0.39, 0.29) is 5.60 Å². The van der Waals surface area contributed by atoms with Crippen LogP contribution in [0.2, 0.25) is 0 Å².